The number of urea groups is 1. The maximum Gasteiger partial charge on any atom is 0.317 e. The Balaban J connectivity index is 1.26. The monoisotopic (exact) mass is 401 g/mol. The molecule has 1 saturated heterocycles. The average molecular weight is 401 g/mol. The van der Waals surface area contributed by atoms with Crippen molar-refractivity contribution in [3.05, 3.63) is 77.7 Å². The van der Waals surface area contributed by atoms with Crippen molar-refractivity contribution >= 4 is 11.8 Å². The summed E-state index contributed by atoms with van der Waals surface area (Å²) < 4.78 is 1.87. The van der Waals surface area contributed by atoms with Gasteiger partial charge in [0.05, 0.1) is 18.3 Å². The Labute approximate surface area is 175 Å². The Morgan fingerprint density at radius 3 is 2.63 bits per heavy atom. The van der Waals surface area contributed by atoms with E-state index in [0.717, 1.165) is 5.56 Å². The number of nitriles is 1. The third-order valence-corrected chi connectivity index (χ3v) is 5.09. The second kappa shape index (κ2) is 9.09. The molecule has 152 valence electrons. The molecule has 1 aliphatic heterocycles. The topological polar surface area (TPSA) is 90.1 Å². The van der Waals surface area contributed by atoms with Crippen molar-refractivity contribution in [2.45, 2.75) is 13.1 Å². The summed E-state index contributed by atoms with van der Waals surface area (Å²) in [7, 11) is 0. The first-order valence-corrected chi connectivity index (χ1v) is 9.91. The van der Waals surface area contributed by atoms with E-state index in [2.05, 4.69) is 38.5 Å². The van der Waals surface area contributed by atoms with Gasteiger partial charge in [0.15, 0.2) is 0 Å². The van der Waals surface area contributed by atoms with Crippen molar-refractivity contribution in [2.75, 3.05) is 31.1 Å². The molecule has 1 aromatic carbocycles. The zero-order chi connectivity index (χ0) is 20.8. The van der Waals surface area contributed by atoms with Gasteiger partial charge in [0.25, 0.3) is 0 Å². The Bertz CT molecular complexity index is 1030. The van der Waals surface area contributed by atoms with Crippen molar-refractivity contribution < 1.29 is 4.79 Å². The predicted octanol–water partition coefficient (Wildman–Crippen LogP) is 2.23. The molecule has 3 heterocycles. The lowest BCUT2D eigenvalue weighted by atomic mass is 10.2. The van der Waals surface area contributed by atoms with Gasteiger partial charge in [-0.05, 0) is 17.7 Å². The van der Waals surface area contributed by atoms with E-state index in [1.54, 1.807) is 29.4 Å². The first-order valence-electron chi connectivity index (χ1n) is 9.91. The van der Waals surface area contributed by atoms with Gasteiger partial charge >= 0.3 is 6.03 Å². The van der Waals surface area contributed by atoms with Crippen molar-refractivity contribution in [1.82, 2.24) is 25.0 Å². The van der Waals surface area contributed by atoms with Gasteiger partial charge in [0.1, 0.15) is 11.9 Å². The number of pyridine rings is 1. The number of hydrogen-bond acceptors (Lipinski definition) is 5. The summed E-state index contributed by atoms with van der Waals surface area (Å²) in [6.45, 7) is 3.60. The van der Waals surface area contributed by atoms with E-state index in [1.165, 1.54) is 5.56 Å². The molecule has 3 aromatic rings. The standard InChI is InChI=1S/C22H23N7O/c23-13-20-7-4-8-24-21(20)27-9-11-28(12-10-27)22(30)25-14-19-15-26-29(17-19)16-18-5-2-1-3-6-18/h1-8,15,17H,9-12,14,16H2,(H,25,30). The minimum Gasteiger partial charge on any atom is -0.352 e. The van der Waals surface area contributed by atoms with Crippen LogP contribution >= 0.6 is 0 Å². The second-order valence-electron chi connectivity index (χ2n) is 7.15. The summed E-state index contributed by atoms with van der Waals surface area (Å²) in [6, 6.07) is 15.7. The van der Waals surface area contributed by atoms with Gasteiger partial charge in [-0.3, -0.25) is 4.68 Å². The Morgan fingerprint density at radius 2 is 1.87 bits per heavy atom. The van der Waals surface area contributed by atoms with Crippen LogP contribution in [0.4, 0.5) is 10.6 Å². The number of benzene rings is 1. The molecule has 0 bridgehead atoms. The van der Waals surface area contributed by atoms with Crippen LogP contribution < -0.4 is 10.2 Å². The SMILES string of the molecule is N#Cc1cccnc1N1CCN(C(=O)NCc2cnn(Cc3ccccc3)c2)CC1. The molecule has 1 aliphatic rings. The number of nitrogens with one attached hydrogen (secondary N) is 1. The third-order valence-electron chi connectivity index (χ3n) is 5.09. The number of anilines is 1. The molecule has 0 radical (unpaired) electrons. The van der Waals surface area contributed by atoms with Gasteiger partial charge in [-0.25, -0.2) is 9.78 Å². The van der Waals surface area contributed by atoms with Crippen molar-refractivity contribution in [2.24, 2.45) is 0 Å². The number of rotatable bonds is 5. The minimum atomic E-state index is -0.0908. The van der Waals surface area contributed by atoms with Gasteiger partial charge in [-0.2, -0.15) is 10.4 Å². The Morgan fingerprint density at radius 1 is 1.07 bits per heavy atom. The summed E-state index contributed by atoms with van der Waals surface area (Å²) in [5, 5.41) is 16.6. The van der Waals surface area contributed by atoms with Crippen molar-refractivity contribution in [1.29, 1.82) is 5.26 Å². The summed E-state index contributed by atoms with van der Waals surface area (Å²) in [5.74, 6) is 0.686. The molecular weight excluding hydrogens is 378 g/mol. The van der Waals surface area contributed by atoms with Gasteiger partial charge in [0.2, 0.25) is 0 Å². The largest absolute Gasteiger partial charge is 0.352 e. The lowest BCUT2D eigenvalue weighted by molar-refractivity contribution is 0.194. The first kappa shape index (κ1) is 19.5. The lowest BCUT2D eigenvalue weighted by Gasteiger charge is -2.35. The number of amides is 2. The van der Waals surface area contributed by atoms with Gasteiger partial charge < -0.3 is 15.1 Å². The van der Waals surface area contributed by atoms with Crippen LogP contribution in [0.2, 0.25) is 0 Å². The van der Waals surface area contributed by atoms with Crippen LogP contribution in [0, 0.1) is 11.3 Å². The molecule has 2 amide bonds. The summed E-state index contributed by atoms with van der Waals surface area (Å²) in [5.41, 5.74) is 2.70. The smallest absolute Gasteiger partial charge is 0.317 e. The summed E-state index contributed by atoms with van der Waals surface area (Å²) >= 11 is 0. The van der Waals surface area contributed by atoms with Crippen LogP contribution in [-0.2, 0) is 13.1 Å². The molecule has 0 saturated carbocycles. The van der Waals surface area contributed by atoms with Gasteiger partial charge in [-0.1, -0.05) is 30.3 Å². The number of piperazine rings is 1. The van der Waals surface area contributed by atoms with Crippen LogP contribution in [0.3, 0.4) is 0 Å². The molecule has 0 unspecified atom stereocenters. The number of nitrogens with zero attached hydrogens (tertiary/aromatic N) is 6. The fraction of sp³-hybridized carbons (Fsp3) is 0.273. The molecule has 0 atom stereocenters. The number of hydrogen-bond donors (Lipinski definition) is 1. The highest BCUT2D eigenvalue weighted by Gasteiger charge is 2.23. The molecule has 4 rings (SSSR count). The van der Waals surface area contributed by atoms with E-state index in [9.17, 15) is 10.1 Å². The van der Waals surface area contributed by atoms with Gasteiger partial charge in [-0.15, -0.1) is 0 Å². The Hall–Kier alpha value is -3.86. The molecule has 1 fully saturated rings. The van der Waals surface area contributed by atoms with Crippen molar-refractivity contribution in [3.63, 3.8) is 0 Å². The average Bonchev–Trinajstić information content (AvgIpc) is 3.25. The first-order chi connectivity index (χ1) is 14.7. The maximum absolute atomic E-state index is 12.5. The molecule has 0 spiro atoms. The number of carbonyl (C=O) groups excluding carboxylic acids is 1. The molecular formula is C22H23N7O. The quantitative estimate of drug-likeness (QED) is 0.708. The number of aromatic nitrogens is 3. The molecule has 0 aliphatic carbocycles. The lowest BCUT2D eigenvalue weighted by Crippen LogP contribution is -2.52. The highest BCUT2D eigenvalue weighted by Crippen LogP contribution is 2.18. The zero-order valence-corrected chi connectivity index (χ0v) is 16.6. The van der Waals surface area contributed by atoms with Crippen LogP contribution in [-0.4, -0.2) is 51.9 Å². The van der Waals surface area contributed by atoms with Gasteiger partial charge in [0, 0.05) is 50.7 Å². The highest BCUT2D eigenvalue weighted by molar-refractivity contribution is 5.74. The molecule has 2 aromatic heterocycles. The zero-order valence-electron chi connectivity index (χ0n) is 16.6. The maximum atomic E-state index is 12.5. The molecule has 30 heavy (non-hydrogen) atoms. The van der Waals surface area contributed by atoms with Crippen LogP contribution in [0.25, 0.3) is 0 Å². The fourth-order valence-electron chi connectivity index (χ4n) is 3.50. The van der Waals surface area contributed by atoms with E-state index in [4.69, 9.17) is 0 Å². The number of carbonyl (C=O) groups is 1. The predicted molar refractivity (Wildman–Crippen MR) is 113 cm³/mol. The molecule has 8 nitrogen and oxygen atoms in total. The van der Waals surface area contributed by atoms with E-state index >= 15 is 0 Å². The van der Waals surface area contributed by atoms with Crippen LogP contribution in [0.15, 0.2) is 61.1 Å². The minimum absolute atomic E-state index is 0.0908. The van der Waals surface area contributed by atoms with E-state index in [0.29, 0.717) is 50.6 Å². The normalized spacial score (nSPS) is 13.7. The van der Waals surface area contributed by atoms with E-state index in [-0.39, 0.29) is 6.03 Å². The van der Waals surface area contributed by atoms with Crippen LogP contribution in [0.5, 0.6) is 0 Å². The second-order valence-corrected chi connectivity index (χ2v) is 7.15. The highest BCUT2D eigenvalue weighted by atomic mass is 16.2. The Kier molecular flexibility index (Phi) is 5.90. The van der Waals surface area contributed by atoms with Crippen molar-refractivity contribution in [3.8, 4) is 6.07 Å². The van der Waals surface area contributed by atoms with E-state index < -0.39 is 0 Å². The summed E-state index contributed by atoms with van der Waals surface area (Å²) in [4.78, 5) is 20.7. The fourth-order valence-corrected chi connectivity index (χ4v) is 3.50. The third kappa shape index (κ3) is 4.58. The molecule has 1 N–H and O–H groups in total. The van der Waals surface area contributed by atoms with E-state index in [1.807, 2.05) is 29.1 Å². The summed E-state index contributed by atoms with van der Waals surface area (Å²) in [6.07, 6.45) is 5.43. The van der Waals surface area contributed by atoms with Crippen LogP contribution in [0.1, 0.15) is 16.7 Å². The molecule has 8 heteroatoms.